The Labute approximate surface area is 203 Å². The molecule has 2 atom stereocenters. The van der Waals surface area contributed by atoms with Crippen LogP contribution in [0.4, 0.5) is 5.82 Å². The number of nitrogens with zero attached hydrogens (tertiary/aromatic N) is 3. The molecule has 2 N–H and O–H groups in total. The Morgan fingerprint density at radius 2 is 1.82 bits per heavy atom. The summed E-state index contributed by atoms with van der Waals surface area (Å²) in [5.74, 6) is 0.627. The van der Waals surface area contributed by atoms with Crippen molar-refractivity contribution in [3.8, 4) is 0 Å². The summed E-state index contributed by atoms with van der Waals surface area (Å²) >= 11 is 0. The number of rotatable bonds is 6. The van der Waals surface area contributed by atoms with E-state index in [0.29, 0.717) is 16.9 Å². The lowest BCUT2D eigenvalue weighted by Crippen LogP contribution is -2.52. The van der Waals surface area contributed by atoms with Crippen LogP contribution in [0.5, 0.6) is 0 Å². The molecule has 1 fully saturated rings. The number of piperidine rings is 1. The van der Waals surface area contributed by atoms with Gasteiger partial charge in [-0.1, -0.05) is 38.5 Å². The van der Waals surface area contributed by atoms with Crippen LogP contribution in [0, 0.1) is 6.92 Å². The molecular formula is C24H35N5O3SSi. The summed E-state index contributed by atoms with van der Waals surface area (Å²) in [5, 5.41) is 7.80. The minimum absolute atomic E-state index is 0.110. The molecule has 1 saturated heterocycles. The third-order valence-corrected chi connectivity index (χ3v) is 13.2. The van der Waals surface area contributed by atoms with Gasteiger partial charge in [0.05, 0.1) is 16.4 Å². The van der Waals surface area contributed by atoms with E-state index < -0.39 is 18.3 Å². The normalized spacial score (nSPS) is 19.9. The average molecular weight is 502 g/mol. The summed E-state index contributed by atoms with van der Waals surface area (Å²) < 4.78 is 34.3. The first kappa shape index (κ1) is 24.8. The summed E-state index contributed by atoms with van der Waals surface area (Å²) in [6.07, 6.45) is 3.93. The number of nitrogens with one attached hydrogen (secondary N) is 2. The van der Waals surface area contributed by atoms with Crippen LogP contribution in [0.1, 0.15) is 32.8 Å². The Balaban J connectivity index is 1.56. The minimum atomic E-state index is -3.76. The third-order valence-electron chi connectivity index (χ3n) is 6.94. The number of aromatic nitrogens is 3. The molecule has 1 aromatic carbocycles. The van der Waals surface area contributed by atoms with E-state index in [0.717, 1.165) is 25.1 Å². The molecule has 0 unspecified atom stereocenters. The number of hydrogen-bond donors (Lipinski definition) is 2. The lowest BCUT2D eigenvalue weighted by Gasteiger charge is -2.41. The van der Waals surface area contributed by atoms with Crippen LogP contribution in [-0.4, -0.2) is 55.9 Å². The summed E-state index contributed by atoms with van der Waals surface area (Å²) in [4.78, 5) is 8.95. The van der Waals surface area contributed by atoms with Crippen molar-refractivity contribution in [2.24, 2.45) is 0 Å². The van der Waals surface area contributed by atoms with Crippen LogP contribution in [-0.2, 0) is 14.4 Å². The predicted molar refractivity (Wildman–Crippen MR) is 138 cm³/mol. The van der Waals surface area contributed by atoms with E-state index in [4.69, 9.17) is 4.43 Å². The highest BCUT2D eigenvalue weighted by Crippen LogP contribution is 2.38. The second-order valence-electron chi connectivity index (χ2n) is 10.6. The van der Waals surface area contributed by atoms with Crippen LogP contribution >= 0.6 is 0 Å². The highest BCUT2D eigenvalue weighted by atomic mass is 32.2. The summed E-state index contributed by atoms with van der Waals surface area (Å²) in [7, 11) is -5.64. The van der Waals surface area contributed by atoms with E-state index >= 15 is 0 Å². The Hall–Kier alpha value is -2.27. The number of benzene rings is 1. The van der Waals surface area contributed by atoms with Crippen LogP contribution < -0.4 is 10.6 Å². The quantitative estimate of drug-likeness (QED) is 0.490. The number of hydrogen-bond acceptors (Lipinski definition) is 7. The summed E-state index contributed by atoms with van der Waals surface area (Å²) in [6.45, 7) is 14.8. The van der Waals surface area contributed by atoms with Gasteiger partial charge in [-0.15, -0.1) is 0 Å². The molecule has 184 valence electrons. The van der Waals surface area contributed by atoms with Crippen molar-refractivity contribution >= 4 is 35.2 Å². The van der Waals surface area contributed by atoms with Crippen LogP contribution in [0.15, 0.2) is 47.8 Å². The van der Waals surface area contributed by atoms with E-state index in [-0.39, 0.29) is 22.1 Å². The average Bonchev–Trinajstić information content (AvgIpc) is 3.19. The molecule has 0 radical (unpaired) electrons. The van der Waals surface area contributed by atoms with Gasteiger partial charge in [-0.3, -0.25) is 0 Å². The van der Waals surface area contributed by atoms with Crippen molar-refractivity contribution < 1.29 is 12.8 Å². The fourth-order valence-corrected chi connectivity index (χ4v) is 6.62. The van der Waals surface area contributed by atoms with Gasteiger partial charge in [-0.25, -0.2) is 22.4 Å². The fourth-order valence-electron chi connectivity index (χ4n) is 3.95. The van der Waals surface area contributed by atoms with E-state index in [1.807, 2.05) is 6.92 Å². The van der Waals surface area contributed by atoms with Crippen molar-refractivity contribution in [1.82, 2.24) is 19.3 Å². The van der Waals surface area contributed by atoms with Gasteiger partial charge in [0, 0.05) is 25.3 Å². The molecule has 34 heavy (non-hydrogen) atoms. The summed E-state index contributed by atoms with van der Waals surface area (Å²) in [5.41, 5.74) is 1.36. The van der Waals surface area contributed by atoms with Gasteiger partial charge in [0.15, 0.2) is 14.0 Å². The Morgan fingerprint density at radius 3 is 2.50 bits per heavy atom. The molecule has 10 heteroatoms. The molecule has 1 aliphatic heterocycles. The van der Waals surface area contributed by atoms with Gasteiger partial charge in [0.1, 0.15) is 12.1 Å². The molecule has 2 aromatic heterocycles. The minimum Gasteiger partial charge on any atom is -0.413 e. The Kier molecular flexibility index (Phi) is 6.62. The zero-order valence-electron chi connectivity index (χ0n) is 20.8. The third kappa shape index (κ3) is 4.90. The maximum Gasteiger partial charge on any atom is 0.269 e. The van der Waals surface area contributed by atoms with E-state index in [1.165, 1.54) is 10.3 Å². The molecule has 0 bridgehead atoms. The van der Waals surface area contributed by atoms with E-state index in [1.54, 1.807) is 36.5 Å². The first-order chi connectivity index (χ1) is 15.9. The van der Waals surface area contributed by atoms with Crippen LogP contribution in [0.3, 0.4) is 0 Å². The van der Waals surface area contributed by atoms with Crippen molar-refractivity contribution in [2.75, 3.05) is 18.4 Å². The molecule has 8 nitrogen and oxygen atoms in total. The van der Waals surface area contributed by atoms with Gasteiger partial charge in [-0.05, 0) is 49.7 Å². The van der Waals surface area contributed by atoms with E-state index in [9.17, 15) is 8.42 Å². The monoisotopic (exact) mass is 501 g/mol. The summed E-state index contributed by atoms with van der Waals surface area (Å²) in [6, 6.07) is 8.68. The van der Waals surface area contributed by atoms with Crippen LogP contribution in [0.2, 0.25) is 18.1 Å². The molecule has 0 amide bonds. The number of aryl methyl sites for hydroxylation is 1. The van der Waals surface area contributed by atoms with Gasteiger partial charge in [0.25, 0.3) is 10.0 Å². The molecule has 3 heterocycles. The van der Waals surface area contributed by atoms with Crippen molar-refractivity contribution in [1.29, 1.82) is 0 Å². The maximum atomic E-state index is 13.2. The van der Waals surface area contributed by atoms with Gasteiger partial charge >= 0.3 is 0 Å². The first-order valence-corrected chi connectivity index (χ1v) is 16.0. The smallest absolute Gasteiger partial charge is 0.269 e. The standard InChI is InChI=1S/C24H35N5O3SSi/c1-17-7-9-20(10-8-17)33(30,31)29-12-11-21-22(26-16-27-23(21)29)28-18-13-19(15-25-14-18)32-34(5,6)24(2,3)4/h7-12,16,18-19,25H,13-15H2,1-6H3,(H,26,27,28)/t18-,19+/m1/s1. The molecule has 1 aliphatic rings. The lowest BCUT2D eigenvalue weighted by atomic mass is 10.1. The number of fused-ring (bicyclic) bond motifs is 1. The second kappa shape index (κ2) is 9.07. The SMILES string of the molecule is Cc1ccc(S(=O)(=O)n2ccc3c(N[C@H]4CNC[C@@H](O[Si](C)(C)C(C)(C)C)C4)ncnc32)cc1. The molecule has 4 rings (SSSR count). The van der Waals surface area contributed by atoms with Crippen LogP contribution in [0.25, 0.3) is 11.0 Å². The molecule has 0 aliphatic carbocycles. The Bertz CT molecular complexity index is 1270. The zero-order valence-corrected chi connectivity index (χ0v) is 22.6. The van der Waals surface area contributed by atoms with E-state index in [2.05, 4.69) is 54.5 Å². The van der Waals surface area contributed by atoms with Crippen molar-refractivity contribution in [2.45, 2.75) is 69.3 Å². The maximum absolute atomic E-state index is 13.2. The molecule has 0 spiro atoms. The fraction of sp³-hybridized carbons (Fsp3) is 0.500. The zero-order chi connectivity index (χ0) is 24.7. The van der Waals surface area contributed by atoms with Gasteiger partial charge in [-0.2, -0.15) is 0 Å². The largest absolute Gasteiger partial charge is 0.413 e. The first-order valence-electron chi connectivity index (χ1n) is 11.7. The number of anilines is 1. The molecule has 0 saturated carbocycles. The topological polar surface area (TPSA) is 98.1 Å². The Morgan fingerprint density at radius 1 is 1.12 bits per heavy atom. The molecular weight excluding hydrogens is 466 g/mol. The van der Waals surface area contributed by atoms with Crippen molar-refractivity contribution in [3.63, 3.8) is 0 Å². The molecule has 3 aromatic rings. The highest BCUT2D eigenvalue weighted by Gasteiger charge is 2.40. The van der Waals surface area contributed by atoms with Crippen molar-refractivity contribution in [3.05, 3.63) is 48.4 Å². The second-order valence-corrected chi connectivity index (χ2v) is 17.2. The van der Waals surface area contributed by atoms with Gasteiger partial charge < -0.3 is 15.1 Å². The predicted octanol–water partition coefficient (Wildman–Crippen LogP) is 4.14. The van der Waals surface area contributed by atoms with Gasteiger partial charge in [0.2, 0.25) is 0 Å². The lowest BCUT2D eigenvalue weighted by molar-refractivity contribution is 0.143. The highest BCUT2D eigenvalue weighted by molar-refractivity contribution is 7.90.